The van der Waals surface area contributed by atoms with E-state index in [2.05, 4.69) is 17.6 Å². The lowest BCUT2D eigenvalue weighted by Crippen LogP contribution is -2.29. The molecule has 0 aliphatic carbocycles. The Labute approximate surface area is 68.6 Å². The molecule has 0 saturated carbocycles. The summed E-state index contributed by atoms with van der Waals surface area (Å²) >= 11 is 0. The molecule has 3 nitrogen and oxygen atoms in total. The number of carbonyl (C=O) groups is 1. The van der Waals surface area contributed by atoms with Crippen LogP contribution in [0.3, 0.4) is 0 Å². The minimum Gasteiger partial charge on any atom is -0.372 e. The largest absolute Gasteiger partial charge is 0.372 e. The number of piperidine rings is 1. The van der Waals surface area contributed by atoms with Gasteiger partial charge in [0.2, 0.25) is 6.41 Å². The molecule has 1 aliphatic rings. The van der Waals surface area contributed by atoms with Crippen molar-refractivity contribution in [3.63, 3.8) is 0 Å². The first-order valence-corrected chi connectivity index (χ1v) is 4.22. The standard InChI is InChI=1S/C7H15N.CH3NO/c1-2-8-6-4-3-5-7-8;2-1-3/h2-7H2,1H3;1H,(H2,2,3). The molecule has 1 heterocycles. The Balaban J connectivity index is 0.000000292. The number of hydrogen-bond acceptors (Lipinski definition) is 2. The van der Waals surface area contributed by atoms with Crippen molar-refractivity contribution < 1.29 is 4.79 Å². The molecule has 0 atom stereocenters. The maximum Gasteiger partial charge on any atom is 0.204 e. The Morgan fingerprint density at radius 3 is 2.09 bits per heavy atom. The van der Waals surface area contributed by atoms with E-state index < -0.39 is 0 Å². The van der Waals surface area contributed by atoms with Crippen LogP contribution in [0.4, 0.5) is 0 Å². The van der Waals surface area contributed by atoms with E-state index in [1.807, 2.05) is 0 Å². The lowest BCUT2D eigenvalue weighted by molar-refractivity contribution is -0.106. The minimum absolute atomic E-state index is 0.250. The van der Waals surface area contributed by atoms with Crippen LogP contribution in [0.15, 0.2) is 0 Å². The summed E-state index contributed by atoms with van der Waals surface area (Å²) in [6, 6.07) is 0. The van der Waals surface area contributed by atoms with Crippen LogP contribution in [0.2, 0.25) is 0 Å². The number of rotatable bonds is 1. The molecule has 0 aromatic rings. The number of hydrogen-bond donors (Lipinski definition) is 1. The summed E-state index contributed by atoms with van der Waals surface area (Å²) in [6.07, 6.45) is 4.55. The number of nitrogens with zero attached hydrogens (tertiary/aromatic N) is 1. The number of likely N-dealkylation sites (tertiary alicyclic amines) is 1. The second kappa shape index (κ2) is 7.54. The van der Waals surface area contributed by atoms with E-state index in [1.165, 1.54) is 38.9 Å². The monoisotopic (exact) mass is 158 g/mol. The van der Waals surface area contributed by atoms with E-state index >= 15 is 0 Å². The van der Waals surface area contributed by atoms with Crippen LogP contribution in [-0.4, -0.2) is 30.9 Å². The minimum atomic E-state index is 0.250. The van der Waals surface area contributed by atoms with Crippen molar-refractivity contribution >= 4 is 6.41 Å². The van der Waals surface area contributed by atoms with Gasteiger partial charge in [0.1, 0.15) is 0 Å². The molecule has 0 unspecified atom stereocenters. The van der Waals surface area contributed by atoms with Crippen molar-refractivity contribution in [2.24, 2.45) is 5.73 Å². The van der Waals surface area contributed by atoms with Crippen LogP contribution in [0.1, 0.15) is 26.2 Å². The van der Waals surface area contributed by atoms with Gasteiger partial charge in [-0.3, -0.25) is 4.79 Å². The molecule has 0 bridgehead atoms. The van der Waals surface area contributed by atoms with Crippen molar-refractivity contribution in [2.75, 3.05) is 19.6 Å². The highest BCUT2D eigenvalue weighted by Crippen LogP contribution is 2.06. The molecule has 1 fully saturated rings. The molecule has 11 heavy (non-hydrogen) atoms. The zero-order chi connectivity index (χ0) is 8.53. The van der Waals surface area contributed by atoms with Crippen molar-refractivity contribution in [3.05, 3.63) is 0 Å². The Bertz CT molecular complexity index is 90.1. The van der Waals surface area contributed by atoms with Crippen LogP contribution in [0, 0.1) is 0 Å². The first kappa shape index (κ1) is 10.4. The summed E-state index contributed by atoms with van der Waals surface area (Å²) < 4.78 is 0. The molecule has 0 aromatic carbocycles. The summed E-state index contributed by atoms with van der Waals surface area (Å²) in [5.74, 6) is 0. The summed E-state index contributed by atoms with van der Waals surface area (Å²) in [5, 5.41) is 0. The molecule has 0 radical (unpaired) electrons. The topological polar surface area (TPSA) is 46.3 Å². The lowest BCUT2D eigenvalue weighted by Gasteiger charge is -2.24. The average Bonchev–Trinajstić information content (AvgIpc) is 2.08. The third kappa shape index (κ3) is 5.85. The molecule has 1 rings (SSSR count). The van der Waals surface area contributed by atoms with E-state index in [4.69, 9.17) is 4.79 Å². The van der Waals surface area contributed by atoms with Crippen LogP contribution < -0.4 is 5.73 Å². The molecule has 1 aliphatic heterocycles. The van der Waals surface area contributed by atoms with Gasteiger partial charge >= 0.3 is 0 Å². The quantitative estimate of drug-likeness (QED) is 0.568. The smallest absolute Gasteiger partial charge is 0.204 e. The van der Waals surface area contributed by atoms with Gasteiger partial charge in [-0.2, -0.15) is 0 Å². The molecule has 3 heteroatoms. The summed E-state index contributed by atoms with van der Waals surface area (Å²) in [7, 11) is 0. The lowest BCUT2D eigenvalue weighted by atomic mass is 10.1. The third-order valence-corrected chi connectivity index (χ3v) is 1.90. The van der Waals surface area contributed by atoms with Crippen LogP contribution in [0.5, 0.6) is 0 Å². The highest BCUT2D eigenvalue weighted by molar-refractivity contribution is 5.42. The van der Waals surface area contributed by atoms with Crippen LogP contribution in [0.25, 0.3) is 0 Å². The van der Waals surface area contributed by atoms with Crippen molar-refractivity contribution in [2.45, 2.75) is 26.2 Å². The molecular weight excluding hydrogens is 140 g/mol. The average molecular weight is 158 g/mol. The zero-order valence-corrected chi connectivity index (χ0v) is 7.25. The third-order valence-electron chi connectivity index (χ3n) is 1.90. The summed E-state index contributed by atoms with van der Waals surface area (Å²) in [4.78, 5) is 11.1. The van der Waals surface area contributed by atoms with Gasteiger partial charge in [-0.15, -0.1) is 0 Å². The second-order valence-electron chi connectivity index (χ2n) is 2.63. The van der Waals surface area contributed by atoms with Crippen LogP contribution in [-0.2, 0) is 4.79 Å². The normalized spacial score (nSPS) is 18.3. The molecular formula is C8H18N2O. The Morgan fingerprint density at radius 1 is 1.36 bits per heavy atom. The molecule has 66 valence electrons. The fourth-order valence-corrected chi connectivity index (χ4v) is 1.28. The Hall–Kier alpha value is -0.570. The number of primary amides is 1. The number of carbonyl (C=O) groups excluding carboxylic acids is 1. The molecule has 2 N–H and O–H groups in total. The van der Waals surface area contributed by atoms with Gasteiger partial charge in [-0.25, -0.2) is 0 Å². The zero-order valence-electron chi connectivity index (χ0n) is 7.25. The van der Waals surface area contributed by atoms with E-state index in [1.54, 1.807) is 0 Å². The first-order chi connectivity index (χ1) is 5.35. The maximum atomic E-state index is 8.58. The molecule has 1 saturated heterocycles. The molecule has 0 spiro atoms. The van der Waals surface area contributed by atoms with E-state index in [0.29, 0.717) is 0 Å². The van der Waals surface area contributed by atoms with Gasteiger partial charge in [0, 0.05) is 0 Å². The van der Waals surface area contributed by atoms with E-state index in [-0.39, 0.29) is 6.41 Å². The fourth-order valence-electron chi connectivity index (χ4n) is 1.28. The second-order valence-corrected chi connectivity index (χ2v) is 2.63. The summed E-state index contributed by atoms with van der Waals surface area (Å²) in [5.41, 5.74) is 4.17. The van der Waals surface area contributed by atoms with Gasteiger partial charge in [-0.05, 0) is 32.5 Å². The predicted molar refractivity (Wildman–Crippen MR) is 46.2 cm³/mol. The number of amides is 1. The highest BCUT2D eigenvalue weighted by Gasteiger charge is 2.05. The fraction of sp³-hybridized carbons (Fsp3) is 0.875. The van der Waals surface area contributed by atoms with Gasteiger partial charge < -0.3 is 10.6 Å². The van der Waals surface area contributed by atoms with Gasteiger partial charge in [0.15, 0.2) is 0 Å². The van der Waals surface area contributed by atoms with Crippen molar-refractivity contribution in [3.8, 4) is 0 Å². The predicted octanol–water partition coefficient (Wildman–Crippen LogP) is 0.594. The molecule has 0 aromatic heterocycles. The van der Waals surface area contributed by atoms with Crippen molar-refractivity contribution in [1.82, 2.24) is 4.90 Å². The molecule has 1 amide bonds. The summed E-state index contributed by atoms with van der Waals surface area (Å²) in [6.45, 7) is 6.18. The Kier molecular flexibility index (Phi) is 7.15. The van der Waals surface area contributed by atoms with Gasteiger partial charge in [0.25, 0.3) is 0 Å². The van der Waals surface area contributed by atoms with E-state index in [0.717, 1.165) is 0 Å². The Morgan fingerprint density at radius 2 is 1.82 bits per heavy atom. The maximum absolute atomic E-state index is 8.58. The highest BCUT2D eigenvalue weighted by atomic mass is 16.1. The number of nitrogens with two attached hydrogens (primary N) is 1. The van der Waals surface area contributed by atoms with Gasteiger partial charge in [0.05, 0.1) is 0 Å². The van der Waals surface area contributed by atoms with Crippen LogP contribution >= 0.6 is 0 Å². The first-order valence-electron chi connectivity index (χ1n) is 4.22. The SMILES string of the molecule is CCN1CCCCC1.NC=O. The van der Waals surface area contributed by atoms with Crippen molar-refractivity contribution in [1.29, 1.82) is 0 Å². The van der Waals surface area contributed by atoms with Gasteiger partial charge in [-0.1, -0.05) is 13.3 Å². The van der Waals surface area contributed by atoms with E-state index in [9.17, 15) is 0 Å².